The summed E-state index contributed by atoms with van der Waals surface area (Å²) in [6, 6.07) is 15.7. The van der Waals surface area contributed by atoms with Gasteiger partial charge in [-0.05, 0) is 25.1 Å². The van der Waals surface area contributed by atoms with Crippen LogP contribution in [0.2, 0.25) is 0 Å². The van der Waals surface area contributed by atoms with E-state index in [1.807, 2.05) is 48.6 Å². The zero-order valence-corrected chi connectivity index (χ0v) is 16.1. The maximum atomic E-state index is 11.5. The Hall–Kier alpha value is -3.24. The molecule has 2 atom stereocenters. The van der Waals surface area contributed by atoms with Crippen molar-refractivity contribution in [2.24, 2.45) is 11.7 Å². The van der Waals surface area contributed by atoms with Gasteiger partial charge in [-0.15, -0.1) is 0 Å². The predicted octanol–water partition coefficient (Wildman–Crippen LogP) is 4.91. The number of nitrogens with one attached hydrogen (secondary N) is 2. The van der Waals surface area contributed by atoms with Crippen LogP contribution in [-0.2, 0) is 0 Å². The zero-order chi connectivity index (χ0) is 20.4. The highest BCUT2D eigenvalue weighted by Crippen LogP contribution is 2.39. The van der Waals surface area contributed by atoms with Crippen molar-refractivity contribution >= 4 is 17.7 Å². The number of aldehydes is 1. The standard InChI is InChI=1S/C23H22N2O.CH5N/c1-2-3-4-5-9-14-19-22(24)21-18(16-26)13-10-15-20(21)25-23(19)17-11-7-6-8-12-17;1-2/h2-13,15-16,19,23-25H,1,14H2;2H2,1H3/b4-3-,9-5-,24-22?;. The molecule has 0 saturated heterocycles. The number of nitrogens with two attached hydrogens (primary N) is 1. The van der Waals surface area contributed by atoms with E-state index in [4.69, 9.17) is 5.41 Å². The summed E-state index contributed by atoms with van der Waals surface area (Å²) >= 11 is 0. The van der Waals surface area contributed by atoms with Gasteiger partial charge in [-0.25, -0.2) is 0 Å². The molecule has 0 radical (unpaired) electrons. The summed E-state index contributed by atoms with van der Waals surface area (Å²) in [7, 11) is 1.50. The van der Waals surface area contributed by atoms with E-state index in [1.54, 1.807) is 12.1 Å². The lowest BCUT2D eigenvalue weighted by atomic mass is 9.78. The second-order valence-corrected chi connectivity index (χ2v) is 6.22. The van der Waals surface area contributed by atoms with Crippen molar-refractivity contribution in [2.45, 2.75) is 12.5 Å². The third-order valence-corrected chi connectivity index (χ3v) is 4.62. The molecule has 28 heavy (non-hydrogen) atoms. The lowest BCUT2D eigenvalue weighted by Gasteiger charge is -2.36. The van der Waals surface area contributed by atoms with E-state index in [1.165, 1.54) is 7.05 Å². The number of fused-ring (bicyclic) bond motifs is 1. The van der Waals surface area contributed by atoms with Crippen LogP contribution in [0.4, 0.5) is 5.69 Å². The van der Waals surface area contributed by atoms with Crippen LogP contribution in [0.1, 0.15) is 33.9 Å². The molecular weight excluding hydrogens is 346 g/mol. The van der Waals surface area contributed by atoms with E-state index in [0.29, 0.717) is 17.7 Å². The Morgan fingerprint density at radius 3 is 2.50 bits per heavy atom. The van der Waals surface area contributed by atoms with Crippen molar-refractivity contribution in [1.29, 1.82) is 5.41 Å². The van der Waals surface area contributed by atoms with Crippen LogP contribution in [0.3, 0.4) is 0 Å². The fourth-order valence-electron chi connectivity index (χ4n) is 3.39. The minimum absolute atomic E-state index is 0.00821. The van der Waals surface area contributed by atoms with Crippen LogP contribution >= 0.6 is 0 Å². The van der Waals surface area contributed by atoms with E-state index in [-0.39, 0.29) is 12.0 Å². The molecule has 1 aliphatic heterocycles. The molecule has 0 spiro atoms. The summed E-state index contributed by atoms with van der Waals surface area (Å²) in [4.78, 5) is 11.5. The van der Waals surface area contributed by atoms with Crippen LogP contribution < -0.4 is 11.1 Å². The first-order chi connectivity index (χ1) is 13.8. The Morgan fingerprint density at radius 2 is 1.82 bits per heavy atom. The first-order valence-corrected chi connectivity index (χ1v) is 9.26. The molecule has 0 saturated carbocycles. The molecule has 1 aliphatic rings. The molecule has 3 rings (SSSR count). The van der Waals surface area contributed by atoms with Crippen LogP contribution in [0, 0.1) is 11.3 Å². The molecule has 144 valence electrons. The van der Waals surface area contributed by atoms with E-state index in [0.717, 1.165) is 23.1 Å². The topological polar surface area (TPSA) is 79.0 Å². The van der Waals surface area contributed by atoms with Crippen molar-refractivity contribution in [3.8, 4) is 0 Å². The van der Waals surface area contributed by atoms with Crippen molar-refractivity contribution in [3.63, 3.8) is 0 Å². The molecule has 2 aromatic rings. The molecule has 2 aromatic carbocycles. The van der Waals surface area contributed by atoms with Gasteiger partial charge in [0, 0.05) is 28.4 Å². The molecule has 4 heteroatoms. The number of hydrogen-bond donors (Lipinski definition) is 3. The molecule has 0 fully saturated rings. The summed E-state index contributed by atoms with van der Waals surface area (Å²) in [5, 5.41) is 12.4. The molecule has 1 heterocycles. The Labute approximate surface area is 167 Å². The number of carbonyl (C=O) groups excluding carboxylic acids is 1. The highest BCUT2D eigenvalue weighted by atomic mass is 16.1. The monoisotopic (exact) mass is 373 g/mol. The fourth-order valence-corrected chi connectivity index (χ4v) is 3.39. The van der Waals surface area contributed by atoms with Gasteiger partial charge in [0.15, 0.2) is 6.29 Å². The minimum Gasteiger partial charge on any atom is -0.377 e. The highest BCUT2D eigenvalue weighted by molar-refractivity contribution is 6.11. The number of allylic oxidation sites excluding steroid dienone is 5. The molecule has 0 aromatic heterocycles. The molecule has 4 N–H and O–H groups in total. The van der Waals surface area contributed by atoms with Gasteiger partial charge in [0.25, 0.3) is 0 Å². The Balaban J connectivity index is 0.00000136. The summed E-state index contributed by atoms with van der Waals surface area (Å²) in [6.45, 7) is 3.66. The third kappa shape index (κ3) is 4.72. The molecule has 0 bridgehead atoms. The summed E-state index contributed by atoms with van der Waals surface area (Å²) in [5.41, 5.74) is 8.27. The summed E-state index contributed by atoms with van der Waals surface area (Å²) in [5.74, 6) is -0.0561. The fraction of sp³-hybridized carbons (Fsp3) is 0.167. The van der Waals surface area contributed by atoms with Crippen LogP contribution in [-0.4, -0.2) is 19.0 Å². The molecule has 0 amide bonds. The summed E-state index contributed by atoms with van der Waals surface area (Å²) in [6.07, 6.45) is 11.1. The van der Waals surface area contributed by atoms with Gasteiger partial charge in [-0.3, -0.25) is 4.79 Å². The minimum atomic E-state index is -0.0561. The smallest absolute Gasteiger partial charge is 0.150 e. The number of rotatable bonds is 6. The Bertz CT molecular complexity index is 869. The first-order valence-electron chi connectivity index (χ1n) is 9.26. The van der Waals surface area contributed by atoms with Gasteiger partial charge in [-0.1, -0.05) is 79.4 Å². The van der Waals surface area contributed by atoms with E-state index in [9.17, 15) is 4.79 Å². The number of benzene rings is 2. The van der Waals surface area contributed by atoms with Crippen molar-refractivity contribution < 1.29 is 4.79 Å². The van der Waals surface area contributed by atoms with E-state index >= 15 is 0 Å². The van der Waals surface area contributed by atoms with Crippen LogP contribution in [0.25, 0.3) is 0 Å². The van der Waals surface area contributed by atoms with Crippen molar-refractivity contribution in [2.75, 3.05) is 12.4 Å². The molecule has 4 nitrogen and oxygen atoms in total. The van der Waals surface area contributed by atoms with Gasteiger partial charge >= 0.3 is 0 Å². The lowest BCUT2D eigenvalue weighted by molar-refractivity contribution is 0.112. The molecule has 2 unspecified atom stereocenters. The Morgan fingerprint density at radius 1 is 1.07 bits per heavy atom. The van der Waals surface area contributed by atoms with Crippen LogP contribution in [0.15, 0.2) is 85.5 Å². The highest BCUT2D eigenvalue weighted by Gasteiger charge is 2.34. The van der Waals surface area contributed by atoms with Gasteiger partial charge < -0.3 is 16.5 Å². The van der Waals surface area contributed by atoms with E-state index in [2.05, 4.69) is 35.8 Å². The third-order valence-electron chi connectivity index (χ3n) is 4.62. The normalized spacial score (nSPS) is 18.1. The maximum absolute atomic E-state index is 11.5. The number of hydrogen-bond acceptors (Lipinski definition) is 4. The maximum Gasteiger partial charge on any atom is 0.150 e. The van der Waals surface area contributed by atoms with Crippen molar-refractivity contribution in [1.82, 2.24) is 0 Å². The van der Waals surface area contributed by atoms with Gasteiger partial charge in [0.05, 0.1) is 6.04 Å². The van der Waals surface area contributed by atoms with Crippen LogP contribution in [0.5, 0.6) is 0 Å². The second-order valence-electron chi connectivity index (χ2n) is 6.22. The van der Waals surface area contributed by atoms with E-state index < -0.39 is 0 Å². The van der Waals surface area contributed by atoms with Gasteiger partial charge in [0.2, 0.25) is 0 Å². The van der Waals surface area contributed by atoms with Gasteiger partial charge in [0.1, 0.15) is 0 Å². The summed E-state index contributed by atoms with van der Waals surface area (Å²) < 4.78 is 0. The average Bonchev–Trinajstić information content (AvgIpc) is 2.76. The number of carbonyl (C=O) groups is 1. The molecular formula is C24H27N3O. The predicted molar refractivity (Wildman–Crippen MR) is 118 cm³/mol. The number of anilines is 1. The SMILES string of the molecule is C=C/C=C\C=C/CC1C(=N)c2c(C=O)cccc2NC1c1ccccc1.CN. The molecule has 0 aliphatic carbocycles. The first kappa shape index (κ1) is 21.1. The lowest BCUT2D eigenvalue weighted by Crippen LogP contribution is -2.34. The Kier molecular flexibility index (Phi) is 8.12. The average molecular weight is 374 g/mol. The van der Waals surface area contributed by atoms with Crippen molar-refractivity contribution in [3.05, 3.63) is 102 Å². The quantitative estimate of drug-likeness (QED) is 0.497. The second kappa shape index (κ2) is 10.8. The zero-order valence-electron chi connectivity index (χ0n) is 16.1. The van der Waals surface area contributed by atoms with Gasteiger partial charge in [-0.2, -0.15) is 0 Å². The largest absolute Gasteiger partial charge is 0.377 e.